The summed E-state index contributed by atoms with van der Waals surface area (Å²) in [5.74, 6) is -0.904. The third kappa shape index (κ3) is 3.67. The van der Waals surface area contributed by atoms with Gasteiger partial charge in [0.05, 0.1) is 5.92 Å². The van der Waals surface area contributed by atoms with Crippen molar-refractivity contribution in [1.29, 1.82) is 0 Å². The van der Waals surface area contributed by atoms with E-state index < -0.39 is 11.9 Å². The molecule has 2 heterocycles. The minimum Gasteiger partial charge on any atom is -0.481 e. The topological polar surface area (TPSA) is 72.9 Å². The van der Waals surface area contributed by atoms with Crippen molar-refractivity contribution in [3.63, 3.8) is 0 Å². The fourth-order valence-electron chi connectivity index (χ4n) is 3.46. The Kier molecular flexibility index (Phi) is 5.08. The van der Waals surface area contributed by atoms with Crippen molar-refractivity contribution in [3.8, 4) is 0 Å². The van der Waals surface area contributed by atoms with E-state index in [0.717, 1.165) is 26.1 Å². The van der Waals surface area contributed by atoms with Gasteiger partial charge in [0, 0.05) is 25.2 Å². The molecular weight excluding hydrogens is 270 g/mol. The van der Waals surface area contributed by atoms with Crippen LogP contribution in [0.25, 0.3) is 0 Å². The van der Waals surface area contributed by atoms with Gasteiger partial charge in [-0.05, 0) is 52.6 Å². The molecule has 2 N–H and O–H groups in total. The van der Waals surface area contributed by atoms with Crippen molar-refractivity contribution in [2.45, 2.75) is 45.2 Å². The van der Waals surface area contributed by atoms with Gasteiger partial charge < -0.3 is 20.2 Å². The minimum atomic E-state index is -0.879. The highest BCUT2D eigenvalue weighted by Crippen LogP contribution is 2.29. The number of aliphatic carboxylic acids is 1. The molecule has 6 nitrogen and oxygen atoms in total. The van der Waals surface area contributed by atoms with Crippen LogP contribution in [0.2, 0.25) is 0 Å². The summed E-state index contributed by atoms with van der Waals surface area (Å²) in [6.45, 7) is 6.06. The standard InChI is InChI=1S/C15H27N3O3/c1-10(14(19)20)11(2)16-15(21)18-8-6-13-12(9-18)5-4-7-17(13)3/h10-13H,4-9H2,1-3H3,(H,16,21)(H,19,20). The molecule has 2 amide bonds. The normalized spacial score (nSPS) is 29.4. The number of carbonyl (C=O) groups is 2. The Bertz CT molecular complexity index is 402. The molecule has 2 rings (SSSR count). The van der Waals surface area contributed by atoms with Crippen molar-refractivity contribution < 1.29 is 14.7 Å². The molecule has 0 aromatic heterocycles. The van der Waals surface area contributed by atoms with E-state index in [0.29, 0.717) is 12.0 Å². The molecule has 2 saturated heterocycles. The van der Waals surface area contributed by atoms with Gasteiger partial charge in [0.25, 0.3) is 0 Å². The monoisotopic (exact) mass is 297 g/mol. The largest absolute Gasteiger partial charge is 0.481 e. The zero-order valence-corrected chi connectivity index (χ0v) is 13.2. The summed E-state index contributed by atoms with van der Waals surface area (Å²) < 4.78 is 0. The molecule has 0 aromatic rings. The van der Waals surface area contributed by atoms with Gasteiger partial charge in [-0.2, -0.15) is 0 Å². The highest BCUT2D eigenvalue weighted by Gasteiger charge is 2.36. The number of carboxylic acid groups (broad SMARTS) is 1. The Balaban J connectivity index is 1.88. The number of hydrogen-bond donors (Lipinski definition) is 2. The Morgan fingerprint density at radius 1 is 1.24 bits per heavy atom. The average Bonchev–Trinajstić information content (AvgIpc) is 2.46. The second-order valence-corrected chi connectivity index (χ2v) is 6.55. The summed E-state index contributed by atoms with van der Waals surface area (Å²) in [5.41, 5.74) is 0. The molecule has 21 heavy (non-hydrogen) atoms. The quantitative estimate of drug-likeness (QED) is 0.821. The Labute approximate surface area is 126 Å². The van der Waals surface area contributed by atoms with Crippen molar-refractivity contribution in [2.24, 2.45) is 11.8 Å². The zero-order chi connectivity index (χ0) is 15.6. The molecule has 0 aliphatic carbocycles. The van der Waals surface area contributed by atoms with Crippen LogP contribution >= 0.6 is 0 Å². The summed E-state index contributed by atoms with van der Waals surface area (Å²) in [6.07, 6.45) is 3.39. The van der Waals surface area contributed by atoms with Crippen LogP contribution in [0.4, 0.5) is 4.79 Å². The average molecular weight is 297 g/mol. The highest BCUT2D eigenvalue weighted by molar-refractivity contribution is 5.76. The third-order valence-electron chi connectivity index (χ3n) is 5.12. The van der Waals surface area contributed by atoms with Gasteiger partial charge in [-0.3, -0.25) is 4.79 Å². The molecule has 6 heteroatoms. The molecule has 2 aliphatic heterocycles. The number of rotatable bonds is 3. The fraction of sp³-hybridized carbons (Fsp3) is 0.867. The Morgan fingerprint density at radius 3 is 2.62 bits per heavy atom. The minimum absolute atomic E-state index is 0.123. The number of fused-ring (bicyclic) bond motifs is 1. The molecule has 0 spiro atoms. The molecule has 0 aromatic carbocycles. The molecule has 2 aliphatic rings. The van der Waals surface area contributed by atoms with Gasteiger partial charge in [0.1, 0.15) is 0 Å². The van der Waals surface area contributed by atoms with E-state index in [1.54, 1.807) is 13.8 Å². The molecule has 0 saturated carbocycles. The van der Waals surface area contributed by atoms with Crippen molar-refractivity contribution >= 4 is 12.0 Å². The summed E-state index contributed by atoms with van der Waals surface area (Å²) in [7, 11) is 2.17. The summed E-state index contributed by atoms with van der Waals surface area (Å²) in [4.78, 5) is 27.5. The first-order valence-corrected chi connectivity index (χ1v) is 7.88. The highest BCUT2D eigenvalue weighted by atomic mass is 16.4. The van der Waals surface area contributed by atoms with Crippen LogP contribution in [0.5, 0.6) is 0 Å². The van der Waals surface area contributed by atoms with Crippen molar-refractivity contribution in [2.75, 3.05) is 26.7 Å². The van der Waals surface area contributed by atoms with Gasteiger partial charge in [-0.25, -0.2) is 4.79 Å². The molecule has 0 radical (unpaired) electrons. The van der Waals surface area contributed by atoms with Crippen LogP contribution in [-0.4, -0.2) is 65.7 Å². The number of hydrogen-bond acceptors (Lipinski definition) is 3. The van der Waals surface area contributed by atoms with Crippen LogP contribution in [0.1, 0.15) is 33.1 Å². The Hall–Kier alpha value is -1.30. The predicted octanol–water partition coefficient (Wildman–Crippen LogP) is 1.22. The summed E-state index contributed by atoms with van der Waals surface area (Å²) in [6, 6.07) is 0.113. The van der Waals surface area contributed by atoms with Gasteiger partial charge in [0.15, 0.2) is 0 Å². The molecule has 2 fully saturated rings. The first-order valence-electron chi connectivity index (χ1n) is 7.88. The second kappa shape index (κ2) is 6.64. The maximum absolute atomic E-state index is 12.3. The van der Waals surface area contributed by atoms with E-state index in [9.17, 15) is 9.59 Å². The number of likely N-dealkylation sites (tertiary alicyclic amines) is 2. The zero-order valence-electron chi connectivity index (χ0n) is 13.2. The molecule has 4 unspecified atom stereocenters. The number of nitrogens with one attached hydrogen (secondary N) is 1. The smallest absolute Gasteiger partial charge is 0.317 e. The number of carboxylic acids is 1. The lowest BCUT2D eigenvalue weighted by molar-refractivity contribution is -0.141. The van der Waals surface area contributed by atoms with Crippen LogP contribution in [0.15, 0.2) is 0 Å². The van der Waals surface area contributed by atoms with Crippen molar-refractivity contribution in [1.82, 2.24) is 15.1 Å². The van der Waals surface area contributed by atoms with Gasteiger partial charge in [-0.15, -0.1) is 0 Å². The SMILES string of the molecule is CC(NC(=O)N1CCC2C(CCCN2C)C1)C(C)C(=O)O. The summed E-state index contributed by atoms with van der Waals surface area (Å²) in [5, 5.41) is 11.8. The predicted molar refractivity (Wildman–Crippen MR) is 80.1 cm³/mol. The Morgan fingerprint density at radius 2 is 1.95 bits per heavy atom. The van der Waals surface area contributed by atoms with Gasteiger partial charge in [0.2, 0.25) is 0 Å². The lowest BCUT2D eigenvalue weighted by Gasteiger charge is -2.46. The lowest BCUT2D eigenvalue weighted by atomic mass is 9.84. The van der Waals surface area contributed by atoms with Crippen LogP contribution in [0, 0.1) is 11.8 Å². The van der Waals surface area contributed by atoms with E-state index >= 15 is 0 Å². The van der Waals surface area contributed by atoms with E-state index in [1.807, 2.05) is 4.90 Å². The molecule has 120 valence electrons. The summed E-state index contributed by atoms with van der Waals surface area (Å²) >= 11 is 0. The van der Waals surface area contributed by atoms with Crippen LogP contribution in [-0.2, 0) is 4.79 Å². The maximum atomic E-state index is 12.3. The van der Waals surface area contributed by atoms with E-state index in [2.05, 4.69) is 17.3 Å². The molecular formula is C15H27N3O3. The maximum Gasteiger partial charge on any atom is 0.317 e. The van der Waals surface area contributed by atoms with Gasteiger partial charge >= 0.3 is 12.0 Å². The van der Waals surface area contributed by atoms with Crippen LogP contribution in [0.3, 0.4) is 0 Å². The van der Waals surface area contributed by atoms with Crippen LogP contribution < -0.4 is 5.32 Å². The third-order valence-corrected chi connectivity index (χ3v) is 5.12. The first kappa shape index (κ1) is 16.1. The number of carbonyl (C=O) groups excluding carboxylic acids is 1. The number of piperidine rings is 2. The number of nitrogens with zero attached hydrogens (tertiary/aromatic N) is 2. The molecule has 0 bridgehead atoms. The lowest BCUT2D eigenvalue weighted by Crippen LogP contribution is -2.57. The second-order valence-electron chi connectivity index (χ2n) is 6.55. The van der Waals surface area contributed by atoms with Gasteiger partial charge in [-0.1, -0.05) is 0 Å². The fourth-order valence-corrected chi connectivity index (χ4v) is 3.46. The van der Waals surface area contributed by atoms with E-state index in [-0.39, 0.29) is 12.1 Å². The van der Waals surface area contributed by atoms with E-state index in [4.69, 9.17) is 5.11 Å². The van der Waals surface area contributed by atoms with Crippen molar-refractivity contribution in [3.05, 3.63) is 0 Å². The first-order chi connectivity index (χ1) is 9.90. The molecule has 4 atom stereocenters. The number of amides is 2. The number of urea groups is 1. The van der Waals surface area contributed by atoms with E-state index in [1.165, 1.54) is 12.8 Å².